The highest BCUT2D eigenvalue weighted by Gasteiger charge is 2.59. The van der Waals surface area contributed by atoms with Gasteiger partial charge in [0.25, 0.3) is 0 Å². The fourth-order valence-electron chi connectivity index (χ4n) is 3.46. The zero-order valence-electron chi connectivity index (χ0n) is 15.1. The average Bonchev–Trinajstić information content (AvgIpc) is 2.97. The number of carbonyl (C=O) groups excluding carboxylic acids is 1. The van der Waals surface area contributed by atoms with E-state index >= 15 is 0 Å². The SMILES string of the molecule is Cc1noc(C2CN(S(C)(=O)=O)CC23CN(C(=O)OC(C)(C)C)C3)n1. The molecule has 1 unspecified atom stereocenters. The van der Waals surface area contributed by atoms with Gasteiger partial charge in [-0.3, -0.25) is 0 Å². The van der Waals surface area contributed by atoms with E-state index in [0.29, 0.717) is 31.3 Å². The van der Waals surface area contributed by atoms with Crippen molar-refractivity contribution >= 4 is 16.1 Å². The third kappa shape index (κ3) is 3.50. The van der Waals surface area contributed by atoms with Crippen molar-refractivity contribution in [1.82, 2.24) is 19.3 Å². The van der Waals surface area contributed by atoms with Gasteiger partial charge in [-0.2, -0.15) is 4.98 Å². The topological polar surface area (TPSA) is 106 Å². The lowest BCUT2D eigenvalue weighted by molar-refractivity contribution is -0.0369. The van der Waals surface area contributed by atoms with Gasteiger partial charge in [0.1, 0.15) is 5.60 Å². The molecule has 0 aromatic carbocycles. The summed E-state index contributed by atoms with van der Waals surface area (Å²) >= 11 is 0. The van der Waals surface area contributed by atoms with Gasteiger partial charge in [-0.25, -0.2) is 17.5 Å². The van der Waals surface area contributed by atoms with Gasteiger partial charge in [-0.15, -0.1) is 0 Å². The molecule has 2 aliphatic rings. The van der Waals surface area contributed by atoms with Crippen molar-refractivity contribution in [2.75, 3.05) is 32.4 Å². The van der Waals surface area contributed by atoms with Crippen molar-refractivity contribution in [3.05, 3.63) is 11.7 Å². The summed E-state index contributed by atoms with van der Waals surface area (Å²) in [6.45, 7) is 8.57. The Morgan fingerprint density at radius 2 is 1.96 bits per heavy atom. The summed E-state index contributed by atoms with van der Waals surface area (Å²) in [5, 5.41) is 3.82. The lowest BCUT2D eigenvalue weighted by atomic mass is 9.71. The number of hydrogen-bond acceptors (Lipinski definition) is 7. The van der Waals surface area contributed by atoms with Crippen LogP contribution in [0.5, 0.6) is 0 Å². The van der Waals surface area contributed by atoms with E-state index in [2.05, 4.69) is 10.1 Å². The standard InChI is InChI=1S/C15H24N4O5S/c1-10-16-12(24-17-10)11-6-19(25(5,21)22)9-15(11)7-18(8-15)13(20)23-14(2,3)4/h11H,6-9H2,1-5H3. The van der Waals surface area contributed by atoms with E-state index in [4.69, 9.17) is 9.26 Å². The van der Waals surface area contributed by atoms with E-state index < -0.39 is 27.1 Å². The molecule has 1 atom stereocenters. The monoisotopic (exact) mass is 372 g/mol. The van der Waals surface area contributed by atoms with Crippen molar-refractivity contribution in [2.24, 2.45) is 5.41 Å². The smallest absolute Gasteiger partial charge is 0.410 e. The Labute approximate surface area is 147 Å². The summed E-state index contributed by atoms with van der Waals surface area (Å²) in [5.74, 6) is 0.695. The van der Waals surface area contributed by atoms with Gasteiger partial charge in [0, 0.05) is 31.6 Å². The first-order chi connectivity index (χ1) is 11.4. The van der Waals surface area contributed by atoms with Crippen LogP contribution in [0.1, 0.15) is 38.4 Å². The van der Waals surface area contributed by atoms with Gasteiger partial charge in [0.2, 0.25) is 15.9 Å². The Morgan fingerprint density at radius 1 is 1.32 bits per heavy atom. The molecular weight excluding hydrogens is 348 g/mol. The maximum absolute atomic E-state index is 12.2. The normalized spacial score (nSPS) is 23.7. The van der Waals surface area contributed by atoms with Crippen LogP contribution in [0.25, 0.3) is 0 Å². The zero-order chi connectivity index (χ0) is 18.6. The molecule has 0 bridgehead atoms. The fraction of sp³-hybridized carbons (Fsp3) is 0.800. The highest BCUT2D eigenvalue weighted by atomic mass is 32.2. The first-order valence-electron chi connectivity index (χ1n) is 8.13. The van der Waals surface area contributed by atoms with Gasteiger partial charge in [0.05, 0.1) is 12.2 Å². The van der Waals surface area contributed by atoms with Gasteiger partial charge in [0.15, 0.2) is 5.82 Å². The summed E-state index contributed by atoms with van der Waals surface area (Å²) in [6, 6.07) is 0. The Balaban J connectivity index is 1.80. The number of aryl methyl sites for hydroxylation is 1. The minimum absolute atomic E-state index is 0.234. The molecule has 2 fully saturated rings. The van der Waals surface area contributed by atoms with Crippen LogP contribution in [-0.2, 0) is 14.8 Å². The minimum Gasteiger partial charge on any atom is -0.444 e. The van der Waals surface area contributed by atoms with E-state index in [1.165, 1.54) is 10.6 Å². The number of hydrogen-bond donors (Lipinski definition) is 0. The third-order valence-corrected chi connectivity index (χ3v) is 5.81. The molecule has 0 radical (unpaired) electrons. The number of carbonyl (C=O) groups is 1. The number of ether oxygens (including phenoxy) is 1. The molecule has 3 rings (SSSR count). The minimum atomic E-state index is -3.34. The summed E-state index contributed by atoms with van der Waals surface area (Å²) in [7, 11) is -3.34. The number of rotatable bonds is 2. The third-order valence-electron chi connectivity index (χ3n) is 4.59. The quantitative estimate of drug-likeness (QED) is 0.761. The number of nitrogens with zero attached hydrogens (tertiary/aromatic N) is 4. The average molecular weight is 372 g/mol. The molecule has 0 aliphatic carbocycles. The fourth-order valence-corrected chi connectivity index (χ4v) is 4.37. The molecular formula is C15H24N4O5S. The first-order valence-corrected chi connectivity index (χ1v) is 9.98. The van der Waals surface area contributed by atoms with E-state index in [9.17, 15) is 13.2 Å². The van der Waals surface area contributed by atoms with E-state index in [1.54, 1.807) is 11.8 Å². The molecule has 140 valence electrons. The molecule has 10 heteroatoms. The molecule has 0 saturated carbocycles. The molecule has 0 N–H and O–H groups in total. The lowest BCUT2D eigenvalue weighted by Crippen LogP contribution is -2.62. The zero-order valence-corrected chi connectivity index (χ0v) is 16.0. The molecule has 1 aromatic heterocycles. The Kier molecular flexibility index (Phi) is 4.11. The second-order valence-electron chi connectivity index (χ2n) is 7.99. The lowest BCUT2D eigenvalue weighted by Gasteiger charge is -2.49. The number of sulfonamides is 1. The van der Waals surface area contributed by atoms with Gasteiger partial charge >= 0.3 is 6.09 Å². The van der Waals surface area contributed by atoms with Gasteiger partial charge in [-0.1, -0.05) is 5.16 Å². The number of likely N-dealkylation sites (tertiary alicyclic amines) is 1. The summed E-state index contributed by atoms with van der Waals surface area (Å²) < 4.78 is 36.1. The molecule has 1 aromatic rings. The molecule has 2 saturated heterocycles. The summed E-state index contributed by atoms with van der Waals surface area (Å²) in [4.78, 5) is 18.1. The van der Waals surface area contributed by atoms with Crippen molar-refractivity contribution in [3.8, 4) is 0 Å². The van der Waals surface area contributed by atoms with Crippen LogP contribution in [0.4, 0.5) is 4.79 Å². The van der Waals surface area contributed by atoms with Crippen LogP contribution < -0.4 is 0 Å². The van der Waals surface area contributed by atoms with Crippen LogP contribution in [-0.4, -0.2) is 71.9 Å². The van der Waals surface area contributed by atoms with Gasteiger partial charge in [-0.05, 0) is 27.7 Å². The van der Waals surface area contributed by atoms with Crippen LogP contribution in [0.15, 0.2) is 4.52 Å². The van der Waals surface area contributed by atoms with Crippen LogP contribution in [0, 0.1) is 12.3 Å². The number of amides is 1. The largest absolute Gasteiger partial charge is 0.444 e. The van der Waals surface area contributed by atoms with Crippen molar-refractivity contribution in [2.45, 2.75) is 39.2 Å². The molecule has 1 amide bonds. The van der Waals surface area contributed by atoms with Crippen molar-refractivity contribution in [1.29, 1.82) is 0 Å². The highest BCUT2D eigenvalue weighted by molar-refractivity contribution is 7.88. The van der Waals surface area contributed by atoms with E-state index in [0.717, 1.165) is 0 Å². The Morgan fingerprint density at radius 3 is 2.44 bits per heavy atom. The van der Waals surface area contributed by atoms with Gasteiger partial charge < -0.3 is 14.2 Å². The molecule has 2 aliphatic heterocycles. The highest BCUT2D eigenvalue weighted by Crippen LogP contribution is 2.49. The molecule has 3 heterocycles. The Hall–Kier alpha value is -1.68. The van der Waals surface area contributed by atoms with Crippen LogP contribution in [0.2, 0.25) is 0 Å². The summed E-state index contributed by atoms with van der Waals surface area (Å²) in [5.41, 5.74) is -0.990. The molecule has 1 spiro atoms. The van der Waals surface area contributed by atoms with E-state index in [-0.39, 0.29) is 12.5 Å². The maximum Gasteiger partial charge on any atom is 0.410 e. The van der Waals surface area contributed by atoms with Crippen LogP contribution >= 0.6 is 0 Å². The Bertz CT molecular complexity index is 776. The van der Waals surface area contributed by atoms with Crippen molar-refractivity contribution in [3.63, 3.8) is 0 Å². The predicted octanol–water partition coefficient (Wildman–Crippen LogP) is 0.974. The second-order valence-corrected chi connectivity index (χ2v) is 9.97. The number of aromatic nitrogens is 2. The first kappa shape index (κ1) is 18.1. The molecule has 9 nitrogen and oxygen atoms in total. The van der Waals surface area contributed by atoms with Crippen molar-refractivity contribution < 1.29 is 22.5 Å². The van der Waals surface area contributed by atoms with E-state index in [1.807, 2.05) is 20.8 Å². The predicted molar refractivity (Wildman–Crippen MR) is 88.4 cm³/mol. The van der Waals surface area contributed by atoms with Crippen LogP contribution in [0.3, 0.4) is 0 Å². The second kappa shape index (κ2) is 5.66. The maximum atomic E-state index is 12.2. The molecule has 25 heavy (non-hydrogen) atoms. The summed E-state index contributed by atoms with van der Waals surface area (Å²) in [6.07, 6.45) is 0.795.